The monoisotopic (exact) mass is 258 g/mol. The van der Waals surface area contributed by atoms with Crippen molar-refractivity contribution in [2.45, 2.75) is 32.1 Å². The molecule has 0 spiro atoms. The van der Waals surface area contributed by atoms with Crippen LogP contribution < -0.4 is 5.56 Å². The summed E-state index contributed by atoms with van der Waals surface area (Å²) in [6.45, 7) is 1.53. The SMILES string of the molecule is Cc1nc(C2CCc3ccccc3C2)[nH]c(=O)c1F. The van der Waals surface area contributed by atoms with Gasteiger partial charge in [-0.05, 0) is 37.3 Å². The van der Waals surface area contributed by atoms with Crippen LogP contribution in [0.5, 0.6) is 0 Å². The first-order valence-corrected chi connectivity index (χ1v) is 6.48. The van der Waals surface area contributed by atoms with Crippen molar-refractivity contribution in [2.75, 3.05) is 0 Å². The maximum absolute atomic E-state index is 13.3. The van der Waals surface area contributed by atoms with Crippen molar-refractivity contribution in [3.05, 3.63) is 63.1 Å². The molecule has 1 heterocycles. The van der Waals surface area contributed by atoms with E-state index in [1.807, 2.05) is 12.1 Å². The van der Waals surface area contributed by atoms with Crippen LogP contribution in [0.2, 0.25) is 0 Å². The summed E-state index contributed by atoms with van der Waals surface area (Å²) in [7, 11) is 0. The van der Waals surface area contributed by atoms with Gasteiger partial charge >= 0.3 is 0 Å². The second kappa shape index (κ2) is 4.61. The standard InChI is InChI=1S/C15H15FN2O/c1-9-13(16)15(19)18-14(17-9)12-7-6-10-4-2-3-5-11(10)8-12/h2-5,12H,6-8H2,1H3,(H,17,18,19). The number of halogens is 1. The first-order chi connectivity index (χ1) is 9.15. The molecular formula is C15H15FN2O. The predicted molar refractivity (Wildman–Crippen MR) is 70.8 cm³/mol. The third kappa shape index (κ3) is 2.18. The molecule has 0 fully saturated rings. The van der Waals surface area contributed by atoms with Crippen LogP contribution in [0.3, 0.4) is 0 Å². The molecule has 1 aromatic carbocycles. The Morgan fingerprint density at radius 3 is 2.79 bits per heavy atom. The maximum Gasteiger partial charge on any atom is 0.287 e. The molecule has 0 aliphatic heterocycles. The van der Waals surface area contributed by atoms with Crippen molar-refractivity contribution < 1.29 is 4.39 Å². The Morgan fingerprint density at radius 1 is 1.32 bits per heavy atom. The summed E-state index contributed by atoms with van der Waals surface area (Å²) in [4.78, 5) is 18.3. The molecule has 0 radical (unpaired) electrons. The van der Waals surface area contributed by atoms with E-state index in [9.17, 15) is 9.18 Å². The van der Waals surface area contributed by atoms with Crippen LogP contribution in [0.25, 0.3) is 0 Å². The quantitative estimate of drug-likeness (QED) is 0.854. The molecule has 0 amide bonds. The molecule has 1 unspecified atom stereocenters. The van der Waals surface area contributed by atoms with E-state index >= 15 is 0 Å². The molecule has 3 rings (SSSR count). The smallest absolute Gasteiger partial charge is 0.287 e. The summed E-state index contributed by atoms with van der Waals surface area (Å²) >= 11 is 0. The lowest BCUT2D eigenvalue weighted by Crippen LogP contribution is -2.22. The van der Waals surface area contributed by atoms with Crippen molar-refractivity contribution in [3.8, 4) is 0 Å². The van der Waals surface area contributed by atoms with Gasteiger partial charge in [0.15, 0.2) is 0 Å². The van der Waals surface area contributed by atoms with Gasteiger partial charge in [0.05, 0.1) is 5.69 Å². The Kier molecular flexibility index (Phi) is 2.93. The molecule has 19 heavy (non-hydrogen) atoms. The topological polar surface area (TPSA) is 45.8 Å². The fraction of sp³-hybridized carbons (Fsp3) is 0.333. The van der Waals surface area contributed by atoms with E-state index in [2.05, 4.69) is 22.1 Å². The number of rotatable bonds is 1. The maximum atomic E-state index is 13.3. The number of benzene rings is 1. The molecule has 1 aromatic heterocycles. The van der Waals surface area contributed by atoms with E-state index in [1.54, 1.807) is 0 Å². The minimum Gasteiger partial charge on any atom is -0.308 e. The average molecular weight is 258 g/mol. The van der Waals surface area contributed by atoms with Crippen LogP contribution in [-0.4, -0.2) is 9.97 Å². The summed E-state index contributed by atoms with van der Waals surface area (Å²) in [5.74, 6) is 0.000243. The molecule has 2 aromatic rings. The van der Waals surface area contributed by atoms with Gasteiger partial charge in [-0.2, -0.15) is 4.39 Å². The van der Waals surface area contributed by atoms with Gasteiger partial charge in [-0.15, -0.1) is 0 Å². The fourth-order valence-electron chi connectivity index (χ4n) is 2.72. The zero-order valence-electron chi connectivity index (χ0n) is 10.7. The number of hydrogen-bond acceptors (Lipinski definition) is 2. The largest absolute Gasteiger partial charge is 0.308 e. The summed E-state index contributed by atoms with van der Waals surface area (Å²) in [6.07, 6.45) is 2.76. The minimum absolute atomic E-state index is 0.168. The van der Waals surface area contributed by atoms with E-state index in [0.717, 1.165) is 19.3 Å². The van der Waals surface area contributed by atoms with Gasteiger partial charge in [0.25, 0.3) is 5.56 Å². The van der Waals surface area contributed by atoms with Crippen LogP contribution >= 0.6 is 0 Å². The lowest BCUT2D eigenvalue weighted by molar-refractivity contribution is 0.529. The molecule has 1 aliphatic rings. The van der Waals surface area contributed by atoms with E-state index in [-0.39, 0.29) is 11.6 Å². The minimum atomic E-state index is -0.778. The van der Waals surface area contributed by atoms with Crippen molar-refractivity contribution in [3.63, 3.8) is 0 Å². The second-order valence-corrected chi connectivity index (χ2v) is 5.06. The number of aromatic amines is 1. The lowest BCUT2D eigenvalue weighted by Gasteiger charge is -2.23. The molecule has 3 nitrogen and oxygen atoms in total. The average Bonchev–Trinajstić information content (AvgIpc) is 2.43. The molecular weight excluding hydrogens is 243 g/mol. The van der Waals surface area contributed by atoms with Gasteiger partial charge in [0, 0.05) is 5.92 Å². The number of aromatic nitrogens is 2. The van der Waals surface area contributed by atoms with Crippen molar-refractivity contribution in [2.24, 2.45) is 0 Å². The summed E-state index contributed by atoms with van der Waals surface area (Å²) < 4.78 is 13.3. The molecule has 0 saturated carbocycles. The van der Waals surface area contributed by atoms with Crippen LogP contribution in [-0.2, 0) is 12.8 Å². The molecule has 1 atom stereocenters. The Bertz CT molecular complexity index is 678. The number of fused-ring (bicyclic) bond motifs is 1. The number of nitrogens with one attached hydrogen (secondary N) is 1. The van der Waals surface area contributed by atoms with Crippen LogP contribution in [0.1, 0.15) is 35.0 Å². The Hall–Kier alpha value is -1.97. The molecule has 0 saturated heterocycles. The third-order valence-corrected chi connectivity index (χ3v) is 3.78. The van der Waals surface area contributed by atoms with Gasteiger partial charge in [0.2, 0.25) is 5.82 Å². The van der Waals surface area contributed by atoms with E-state index in [4.69, 9.17) is 0 Å². The molecule has 1 aliphatic carbocycles. The van der Waals surface area contributed by atoms with Gasteiger partial charge in [-0.25, -0.2) is 4.98 Å². The first-order valence-electron chi connectivity index (χ1n) is 6.48. The predicted octanol–water partition coefficient (Wildman–Crippen LogP) is 2.49. The summed E-state index contributed by atoms with van der Waals surface area (Å²) in [6, 6.07) is 8.31. The van der Waals surface area contributed by atoms with Crippen LogP contribution in [0.15, 0.2) is 29.1 Å². The number of hydrogen-bond donors (Lipinski definition) is 1. The molecule has 98 valence electrons. The number of nitrogens with zero attached hydrogens (tertiary/aromatic N) is 1. The van der Waals surface area contributed by atoms with E-state index in [1.165, 1.54) is 18.1 Å². The van der Waals surface area contributed by atoms with Crippen molar-refractivity contribution >= 4 is 0 Å². The highest BCUT2D eigenvalue weighted by Crippen LogP contribution is 2.30. The van der Waals surface area contributed by atoms with Gasteiger partial charge in [-0.3, -0.25) is 4.79 Å². The van der Waals surface area contributed by atoms with Crippen molar-refractivity contribution in [1.29, 1.82) is 0 Å². The zero-order valence-corrected chi connectivity index (χ0v) is 10.7. The van der Waals surface area contributed by atoms with Crippen LogP contribution in [0, 0.1) is 12.7 Å². The zero-order chi connectivity index (χ0) is 13.4. The Balaban J connectivity index is 1.95. The highest BCUT2D eigenvalue weighted by Gasteiger charge is 2.22. The molecule has 1 N–H and O–H groups in total. The van der Waals surface area contributed by atoms with E-state index in [0.29, 0.717) is 5.82 Å². The normalized spacial score (nSPS) is 18.1. The number of aryl methyl sites for hydroxylation is 2. The first kappa shape index (κ1) is 12.1. The third-order valence-electron chi connectivity index (χ3n) is 3.78. The van der Waals surface area contributed by atoms with Gasteiger partial charge in [0.1, 0.15) is 5.82 Å². The summed E-state index contributed by atoms with van der Waals surface area (Å²) in [5, 5.41) is 0. The number of H-pyrrole nitrogens is 1. The molecule has 4 heteroatoms. The Morgan fingerprint density at radius 2 is 2.05 bits per heavy atom. The highest BCUT2D eigenvalue weighted by molar-refractivity contribution is 5.31. The van der Waals surface area contributed by atoms with Gasteiger partial charge in [-0.1, -0.05) is 24.3 Å². The Labute approximate surface area is 110 Å². The van der Waals surface area contributed by atoms with Crippen LogP contribution in [0.4, 0.5) is 4.39 Å². The van der Waals surface area contributed by atoms with Crippen molar-refractivity contribution in [1.82, 2.24) is 9.97 Å². The lowest BCUT2D eigenvalue weighted by atomic mass is 9.83. The molecule has 0 bridgehead atoms. The van der Waals surface area contributed by atoms with Gasteiger partial charge < -0.3 is 4.98 Å². The highest BCUT2D eigenvalue weighted by atomic mass is 19.1. The van der Waals surface area contributed by atoms with E-state index < -0.39 is 11.4 Å². The fourth-order valence-corrected chi connectivity index (χ4v) is 2.72. The summed E-state index contributed by atoms with van der Waals surface area (Å²) in [5.41, 5.74) is 2.17. The second-order valence-electron chi connectivity index (χ2n) is 5.06.